The Morgan fingerprint density at radius 1 is 1.31 bits per heavy atom. The fraction of sp³-hybridized carbons (Fsp3) is 0.417. The number of fused-ring (bicyclic) bond motifs is 1. The summed E-state index contributed by atoms with van der Waals surface area (Å²) in [5, 5.41) is 18.4. The molecule has 1 aliphatic carbocycles. The number of nitrogens with zero attached hydrogens (tertiary/aromatic N) is 1. The van der Waals surface area contributed by atoms with Gasteiger partial charge in [-0.25, -0.2) is 4.79 Å². The van der Waals surface area contributed by atoms with Crippen molar-refractivity contribution < 1.29 is 15.0 Å². The third-order valence-corrected chi connectivity index (χ3v) is 3.58. The van der Waals surface area contributed by atoms with Crippen LogP contribution in [-0.2, 0) is 4.79 Å². The van der Waals surface area contributed by atoms with E-state index in [1.54, 1.807) is 24.3 Å². The van der Waals surface area contributed by atoms with E-state index < -0.39 is 5.97 Å². The van der Waals surface area contributed by atoms with Crippen LogP contribution in [0.5, 0.6) is 5.75 Å². The number of piperidine rings is 1. The number of phenolic OH excluding ortho intramolecular Hbond substituents is 1. The molecule has 16 heavy (non-hydrogen) atoms. The molecule has 3 rings (SSSR count). The highest BCUT2D eigenvalue weighted by Gasteiger charge is 2.55. The normalized spacial score (nSPS) is 31.2. The maximum atomic E-state index is 11.2. The van der Waals surface area contributed by atoms with Crippen LogP contribution < -0.4 is 4.90 Å². The van der Waals surface area contributed by atoms with E-state index in [-0.39, 0.29) is 11.8 Å². The Bertz CT molecular complexity index is 428. The van der Waals surface area contributed by atoms with Gasteiger partial charge in [0.15, 0.2) is 0 Å². The Morgan fingerprint density at radius 3 is 2.62 bits per heavy atom. The number of anilines is 1. The number of benzene rings is 1. The van der Waals surface area contributed by atoms with E-state index in [1.165, 1.54) is 0 Å². The van der Waals surface area contributed by atoms with E-state index in [0.717, 1.165) is 18.7 Å². The summed E-state index contributed by atoms with van der Waals surface area (Å²) in [6.45, 7) is 0.826. The summed E-state index contributed by atoms with van der Waals surface area (Å²) in [6.07, 6.45) is 1.05. The number of phenols is 1. The number of carboxylic acid groups (broad SMARTS) is 1. The van der Waals surface area contributed by atoms with Crippen molar-refractivity contribution in [2.75, 3.05) is 11.4 Å². The molecule has 1 saturated heterocycles. The molecule has 0 aromatic heterocycles. The molecule has 4 heteroatoms. The molecule has 3 atom stereocenters. The molecule has 1 aromatic rings. The molecule has 0 bridgehead atoms. The molecule has 2 fully saturated rings. The lowest BCUT2D eigenvalue weighted by molar-refractivity contribution is -0.138. The highest BCUT2D eigenvalue weighted by atomic mass is 16.4. The Balaban J connectivity index is 1.89. The summed E-state index contributed by atoms with van der Waals surface area (Å²) in [4.78, 5) is 13.1. The predicted octanol–water partition coefficient (Wildman–Crippen LogP) is 1.30. The summed E-state index contributed by atoms with van der Waals surface area (Å²) >= 11 is 0. The quantitative estimate of drug-likeness (QED) is 0.787. The van der Waals surface area contributed by atoms with Crippen molar-refractivity contribution in [2.24, 2.45) is 11.8 Å². The molecule has 0 amide bonds. The molecule has 0 radical (unpaired) electrons. The minimum absolute atomic E-state index is 0.208. The molecular formula is C12H13NO3. The second-order valence-electron chi connectivity index (χ2n) is 4.61. The van der Waals surface area contributed by atoms with Crippen LogP contribution in [0.15, 0.2) is 24.3 Å². The number of hydrogen-bond acceptors (Lipinski definition) is 3. The van der Waals surface area contributed by atoms with Crippen LogP contribution in [-0.4, -0.2) is 28.8 Å². The summed E-state index contributed by atoms with van der Waals surface area (Å²) in [5.41, 5.74) is 0.886. The zero-order valence-corrected chi connectivity index (χ0v) is 8.71. The van der Waals surface area contributed by atoms with Crippen LogP contribution >= 0.6 is 0 Å². The molecule has 1 heterocycles. The molecular weight excluding hydrogens is 206 g/mol. The summed E-state index contributed by atoms with van der Waals surface area (Å²) in [6, 6.07) is 6.36. The first-order chi connectivity index (χ1) is 7.66. The van der Waals surface area contributed by atoms with Gasteiger partial charge in [-0.3, -0.25) is 0 Å². The summed E-state index contributed by atoms with van der Waals surface area (Å²) in [5.74, 6) is 0.347. The van der Waals surface area contributed by atoms with Crippen LogP contribution in [0.2, 0.25) is 0 Å². The zero-order valence-electron chi connectivity index (χ0n) is 8.71. The highest BCUT2D eigenvalue weighted by molar-refractivity contribution is 5.80. The Morgan fingerprint density at radius 2 is 2.00 bits per heavy atom. The second kappa shape index (κ2) is 3.14. The molecule has 1 aliphatic heterocycles. The zero-order chi connectivity index (χ0) is 11.3. The van der Waals surface area contributed by atoms with Crippen LogP contribution in [0.25, 0.3) is 0 Å². The number of aromatic hydroxyl groups is 1. The van der Waals surface area contributed by atoms with E-state index in [2.05, 4.69) is 0 Å². The SMILES string of the molecule is O=C(O)C1C2CC2CN1c1ccc(O)cc1. The molecule has 3 unspecified atom stereocenters. The lowest BCUT2D eigenvalue weighted by Crippen LogP contribution is -2.39. The van der Waals surface area contributed by atoms with Gasteiger partial charge in [0, 0.05) is 12.2 Å². The van der Waals surface area contributed by atoms with Crippen molar-refractivity contribution in [3.05, 3.63) is 24.3 Å². The summed E-state index contributed by atoms with van der Waals surface area (Å²) in [7, 11) is 0. The fourth-order valence-electron chi connectivity index (χ4n) is 2.69. The van der Waals surface area contributed by atoms with Gasteiger partial charge in [0.25, 0.3) is 0 Å². The molecule has 84 valence electrons. The van der Waals surface area contributed by atoms with E-state index >= 15 is 0 Å². The summed E-state index contributed by atoms with van der Waals surface area (Å²) < 4.78 is 0. The second-order valence-corrected chi connectivity index (χ2v) is 4.61. The average Bonchev–Trinajstić information content (AvgIpc) is 2.90. The van der Waals surface area contributed by atoms with Crippen LogP contribution in [0.4, 0.5) is 5.69 Å². The Hall–Kier alpha value is -1.71. The number of aliphatic carboxylic acids is 1. The lowest BCUT2D eigenvalue weighted by atomic mass is 10.1. The monoisotopic (exact) mass is 219 g/mol. The first kappa shape index (κ1) is 9.51. The van der Waals surface area contributed by atoms with Crippen molar-refractivity contribution in [1.29, 1.82) is 0 Å². The lowest BCUT2D eigenvalue weighted by Gasteiger charge is -2.26. The molecule has 2 aliphatic rings. The maximum Gasteiger partial charge on any atom is 0.326 e. The molecule has 1 aromatic carbocycles. The van der Waals surface area contributed by atoms with Crippen LogP contribution in [0.1, 0.15) is 6.42 Å². The van der Waals surface area contributed by atoms with Crippen molar-refractivity contribution >= 4 is 11.7 Å². The van der Waals surface area contributed by atoms with Gasteiger partial charge >= 0.3 is 5.97 Å². The molecule has 0 spiro atoms. The molecule has 4 nitrogen and oxygen atoms in total. The van der Waals surface area contributed by atoms with Gasteiger partial charge in [0.2, 0.25) is 0 Å². The maximum absolute atomic E-state index is 11.2. The van der Waals surface area contributed by atoms with Gasteiger partial charge in [-0.2, -0.15) is 0 Å². The predicted molar refractivity (Wildman–Crippen MR) is 58.5 cm³/mol. The first-order valence-electron chi connectivity index (χ1n) is 5.45. The van der Waals surface area contributed by atoms with Gasteiger partial charge in [0.05, 0.1) is 0 Å². The minimum atomic E-state index is -0.738. The average molecular weight is 219 g/mol. The van der Waals surface area contributed by atoms with Gasteiger partial charge in [-0.15, -0.1) is 0 Å². The van der Waals surface area contributed by atoms with E-state index in [0.29, 0.717) is 11.8 Å². The van der Waals surface area contributed by atoms with Crippen molar-refractivity contribution in [3.8, 4) is 5.75 Å². The van der Waals surface area contributed by atoms with E-state index in [9.17, 15) is 15.0 Å². The Labute approximate surface area is 93.1 Å². The highest BCUT2D eigenvalue weighted by Crippen LogP contribution is 2.50. The topological polar surface area (TPSA) is 60.8 Å². The van der Waals surface area contributed by atoms with Gasteiger partial charge in [0.1, 0.15) is 11.8 Å². The minimum Gasteiger partial charge on any atom is -0.508 e. The number of rotatable bonds is 2. The standard InChI is InChI=1S/C12H13NO3/c14-9-3-1-8(2-4-9)13-6-7-5-10(7)11(13)12(15)16/h1-4,7,10-11,14H,5-6H2,(H,15,16). The van der Waals surface area contributed by atoms with E-state index in [1.807, 2.05) is 4.90 Å². The largest absolute Gasteiger partial charge is 0.508 e. The molecule has 2 N–H and O–H groups in total. The number of carboxylic acids is 1. The van der Waals surface area contributed by atoms with Crippen molar-refractivity contribution in [3.63, 3.8) is 0 Å². The fourth-order valence-corrected chi connectivity index (χ4v) is 2.69. The van der Waals surface area contributed by atoms with Crippen molar-refractivity contribution in [1.82, 2.24) is 0 Å². The van der Waals surface area contributed by atoms with Gasteiger partial charge in [-0.05, 0) is 42.5 Å². The smallest absolute Gasteiger partial charge is 0.326 e. The number of hydrogen-bond donors (Lipinski definition) is 2. The Kier molecular flexibility index (Phi) is 1.87. The van der Waals surface area contributed by atoms with Crippen LogP contribution in [0, 0.1) is 11.8 Å². The third-order valence-electron chi connectivity index (χ3n) is 3.58. The van der Waals surface area contributed by atoms with Gasteiger partial charge < -0.3 is 15.1 Å². The van der Waals surface area contributed by atoms with Crippen molar-refractivity contribution in [2.45, 2.75) is 12.5 Å². The van der Waals surface area contributed by atoms with Gasteiger partial charge in [-0.1, -0.05) is 0 Å². The third kappa shape index (κ3) is 1.33. The molecule has 1 saturated carbocycles. The van der Waals surface area contributed by atoms with E-state index in [4.69, 9.17) is 0 Å². The van der Waals surface area contributed by atoms with Crippen LogP contribution in [0.3, 0.4) is 0 Å². The number of carbonyl (C=O) groups is 1. The first-order valence-corrected chi connectivity index (χ1v) is 5.45.